The summed E-state index contributed by atoms with van der Waals surface area (Å²) in [5, 5.41) is 3.48. The average Bonchev–Trinajstić information content (AvgIpc) is 2.42. The van der Waals surface area contributed by atoms with Crippen molar-refractivity contribution in [2.75, 3.05) is 25.3 Å². The quantitative estimate of drug-likeness (QED) is 0.837. The third-order valence-corrected chi connectivity index (χ3v) is 2.66. The van der Waals surface area contributed by atoms with Crippen LogP contribution in [0.3, 0.4) is 0 Å². The molecule has 1 aromatic heterocycles. The van der Waals surface area contributed by atoms with Gasteiger partial charge in [-0.1, -0.05) is 11.6 Å². The Morgan fingerprint density at radius 3 is 2.32 bits per heavy atom. The molecule has 6 nitrogen and oxygen atoms in total. The Hall–Kier alpha value is -2.21. The highest BCUT2D eigenvalue weighted by molar-refractivity contribution is 6.33. The van der Waals surface area contributed by atoms with Gasteiger partial charge >= 0.3 is 0 Å². The second-order valence-corrected chi connectivity index (χ2v) is 4.05. The molecule has 0 atom stereocenters. The minimum atomic E-state index is 0.309. The molecular formula is C12H13ClN4O2. The number of nitrogens with two attached hydrogens (primary N) is 1. The van der Waals surface area contributed by atoms with Gasteiger partial charge in [-0.25, -0.2) is 0 Å². The van der Waals surface area contributed by atoms with Gasteiger partial charge in [0.1, 0.15) is 0 Å². The normalized spacial score (nSPS) is 10.1. The van der Waals surface area contributed by atoms with E-state index in [1.54, 1.807) is 24.3 Å². The Labute approximate surface area is 115 Å². The first-order valence-corrected chi connectivity index (χ1v) is 5.79. The molecule has 0 bridgehead atoms. The smallest absolute Gasteiger partial charge is 0.233 e. The number of nitrogen functional groups attached to an aromatic ring is 1. The largest absolute Gasteiger partial charge is 0.481 e. The minimum absolute atomic E-state index is 0.309. The molecule has 0 aliphatic heterocycles. The Morgan fingerprint density at radius 2 is 1.74 bits per heavy atom. The minimum Gasteiger partial charge on any atom is -0.481 e. The number of benzene rings is 1. The molecule has 0 aliphatic carbocycles. The summed E-state index contributed by atoms with van der Waals surface area (Å²) >= 11 is 6.06. The third-order valence-electron chi connectivity index (χ3n) is 2.33. The van der Waals surface area contributed by atoms with Crippen LogP contribution in [0.4, 0.5) is 17.3 Å². The maximum atomic E-state index is 6.06. The van der Waals surface area contributed by atoms with Gasteiger partial charge in [0, 0.05) is 5.69 Å². The molecule has 2 rings (SSSR count). The highest BCUT2D eigenvalue weighted by atomic mass is 35.5. The van der Waals surface area contributed by atoms with Crippen molar-refractivity contribution in [3.63, 3.8) is 0 Å². The van der Waals surface area contributed by atoms with Gasteiger partial charge in [0.2, 0.25) is 17.7 Å². The van der Waals surface area contributed by atoms with Gasteiger partial charge in [-0.3, -0.25) is 0 Å². The van der Waals surface area contributed by atoms with Gasteiger partial charge < -0.3 is 20.5 Å². The van der Waals surface area contributed by atoms with E-state index < -0.39 is 0 Å². The van der Waals surface area contributed by atoms with Crippen molar-refractivity contribution in [2.24, 2.45) is 0 Å². The maximum absolute atomic E-state index is 6.06. The van der Waals surface area contributed by atoms with Gasteiger partial charge in [0.15, 0.2) is 0 Å². The topological polar surface area (TPSA) is 82.3 Å². The highest BCUT2D eigenvalue weighted by Crippen LogP contribution is 2.27. The lowest BCUT2D eigenvalue weighted by Crippen LogP contribution is -2.01. The molecule has 2 aromatic rings. The summed E-state index contributed by atoms with van der Waals surface area (Å²) in [7, 11) is 3.03. The Balaban J connectivity index is 2.34. The molecule has 0 saturated heterocycles. The van der Waals surface area contributed by atoms with Crippen LogP contribution in [0, 0.1) is 0 Å². The Kier molecular flexibility index (Phi) is 3.91. The molecule has 100 valence electrons. The third kappa shape index (κ3) is 3.17. The lowest BCUT2D eigenvalue weighted by Gasteiger charge is -2.10. The number of methoxy groups -OCH3 is 2. The maximum Gasteiger partial charge on any atom is 0.233 e. The van der Waals surface area contributed by atoms with Gasteiger partial charge in [-0.05, 0) is 18.2 Å². The number of ether oxygens (including phenoxy) is 2. The highest BCUT2D eigenvalue weighted by Gasteiger charge is 2.08. The Morgan fingerprint density at radius 1 is 1.11 bits per heavy atom. The van der Waals surface area contributed by atoms with E-state index in [4.69, 9.17) is 26.8 Å². The van der Waals surface area contributed by atoms with Crippen molar-refractivity contribution in [3.8, 4) is 11.8 Å². The second-order valence-electron chi connectivity index (χ2n) is 3.64. The van der Waals surface area contributed by atoms with Crippen molar-refractivity contribution < 1.29 is 9.47 Å². The van der Waals surface area contributed by atoms with Crippen LogP contribution < -0.4 is 20.5 Å². The standard InChI is InChI=1S/C12H13ClN4O2/c1-18-10-6-11(19-2)17-12(16-10)15-9-5-7(14)3-4-8(9)13/h3-6H,14H2,1-2H3,(H,15,16,17). The van der Waals surface area contributed by atoms with Crippen LogP contribution in [-0.2, 0) is 0 Å². The molecule has 0 fully saturated rings. The van der Waals surface area contributed by atoms with E-state index in [0.717, 1.165) is 0 Å². The molecule has 0 spiro atoms. The van der Waals surface area contributed by atoms with Crippen molar-refractivity contribution in [2.45, 2.75) is 0 Å². The molecule has 0 saturated carbocycles. The fourth-order valence-electron chi connectivity index (χ4n) is 1.43. The van der Waals surface area contributed by atoms with Crippen LogP contribution in [-0.4, -0.2) is 24.2 Å². The zero-order valence-electron chi connectivity index (χ0n) is 10.5. The van der Waals surface area contributed by atoms with E-state index in [-0.39, 0.29) is 0 Å². The number of rotatable bonds is 4. The SMILES string of the molecule is COc1cc(OC)nc(Nc2cc(N)ccc2Cl)n1. The molecule has 0 unspecified atom stereocenters. The van der Waals surface area contributed by atoms with E-state index in [9.17, 15) is 0 Å². The van der Waals surface area contributed by atoms with Crippen LogP contribution in [0.2, 0.25) is 5.02 Å². The summed E-state index contributed by atoms with van der Waals surface area (Å²) in [5.74, 6) is 1.08. The predicted octanol–water partition coefficient (Wildman–Crippen LogP) is 2.47. The van der Waals surface area contributed by atoms with Gasteiger partial charge in [-0.2, -0.15) is 9.97 Å². The van der Waals surface area contributed by atoms with Crippen molar-refractivity contribution in [1.29, 1.82) is 0 Å². The molecule has 1 heterocycles. The first kappa shape index (κ1) is 13.2. The summed E-state index contributed by atoms with van der Waals surface area (Å²) < 4.78 is 10.1. The van der Waals surface area contributed by atoms with Gasteiger partial charge in [0.05, 0.1) is 31.0 Å². The van der Waals surface area contributed by atoms with Gasteiger partial charge in [0.25, 0.3) is 0 Å². The average molecular weight is 281 g/mol. The number of nitrogens with zero attached hydrogens (tertiary/aromatic N) is 2. The van der Waals surface area contributed by atoms with E-state index in [1.807, 2.05) is 0 Å². The molecule has 19 heavy (non-hydrogen) atoms. The molecular weight excluding hydrogens is 268 g/mol. The monoisotopic (exact) mass is 280 g/mol. The zero-order valence-corrected chi connectivity index (χ0v) is 11.2. The van der Waals surface area contributed by atoms with E-state index in [1.165, 1.54) is 14.2 Å². The summed E-state index contributed by atoms with van der Waals surface area (Å²) in [6.07, 6.45) is 0. The number of anilines is 3. The summed E-state index contributed by atoms with van der Waals surface area (Å²) in [4.78, 5) is 8.28. The predicted molar refractivity (Wildman–Crippen MR) is 74.3 cm³/mol. The van der Waals surface area contributed by atoms with Crippen molar-refractivity contribution >= 4 is 28.9 Å². The first-order valence-electron chi connectivity index (χ1n) is 5.41. The van der Waals surface area contributed by atoms with Crippen LogP contribution in [0.15, 0.2) is 24.3 Å². The van der Waals surface area contributed by atoms with Crippen LogP contribution in [0.5, 0.6) is 11.8 Å². The van der Waals surface area contributed by atoms with Crippen molar-refractivity contribution in [1.82, 2.24) is 9.97 Å². The van der Waals surface area contributed by atoms with E-state index in [0.29, 0.717) is 34.1 Å². The number of hydrogen-bond donors (Lipinski definition) is 2. The van der Waals surface area contributed by atoms with Crippen LogP contribution in [0.25, 0.3) is 0 Å². The lowest BCUT2D eigenvalue weighted by molar-refractivity contribution is 0.373. The molecule has 3 N–H and O–H groups in total. The second kappa shape index (κ2) is 5.62. The van der Waals surface area contributed by atoms with E-state index >= 15 is 0 Å². The summed E-state index contributed by atoms with van der Waals surface area (Å²) in [5.41, 5.74) is 6.90. The van der Waals surface area contributed by atoms with Gasteiger partial charge in [-0.15, -0.1) is 0 Å². The number of hydrogen-bond acceptors (Lipinski definition) is 6. The van der Waals surface area contributed by atoms with E-state index in [2.05, 4.69) is 15.3 Å². The zero-order chi connectivity index (χ0) is 13.8. The molecule has 0 radical (unpaired) electrons. The lowest BCUT2D eigenvalue weighted by atomic mass is 10.3. The number of halogens is 1. The summed E-state index contributed by atoms with van der Waals surface area (Å²) in [6, 6.07) is 6.67. The van der Waals surface area contributed by atoms with Crippen LogP contribution >= 0.6 is 11.6 Å². The summed E-state index contributed by atoms with van der Waals surface area (Å²) in [6.45, 7) is 0. The van der Waals surface area contributed by atoms with Crippen LogP contribution in [0.1, 0.15) is 0 Å². The Bertz CT molecular complexity index is 570. The first-order chi connectivity index (χ1) is 9.12. The molecule has 1 aromatic carbocycles. The fourth-order valence-corrected chi connectivity index (χ4v) is 1.59. The fraction of sp³-hybridized carbons (Fsp3) is 0.167. The molecule has 7 heteroatoms. The molecule has 0 aliphatic rings. The molecule has 0 amide bonds. The number of aromatic nitrogens is 2. The number of nitrogens with one attached hydrogen (secondary N) is 1. The van der Waals surface area contributed by atoms with Crippen molar-refractivity contribution in [3.05, 3.63) is 29.3 Å².